The molecule has 0 aliphatic carbocycles. The number of hydrogen-bond donors (Lipinski definition) is 1. The average molecular weight is 522 g/mol. The number of nitrogens with one attached hydrogen (secondary N) is 1. The minimum atomic E-state index is -0.386. The van der Waals surface area contributed by atoms with Gasteiger partial charge in [0.15, 0.2) is 0 Å². The van der Waals surface area contributed by atoms with E-state index in [1.54, 1.807) is 11.2 Å². The molecule has 1 atom stereocenters. The maximum atomic E-state index is 12.9. The van der Waals surface area contributed by atoms with Gasteiger partial charge in [-0.2, -0.15) is 5.26 Å². The summed E-state index contributed by atoms with van der Waals surface area (Å²) in [6, 6.07) is 10.0. The summed E-state index contributed by atoms with van der Waals surface area (Å²) in [5, 5.41) is 13.3. The van der Waals surface area contributed by atoms with Crippen molar-refractivity contribution in [1.29, 1.82) is 5.26 Å². The largest absolute Gasteiger partial charge is 0.494 e. The highest BCUT2D eigenvalue weighted by Crippen LogP contribution is 2.37. The van der Waals surface area contributed by atoms with Crippen molar-refractivity contribution in [3.8, 4) is 11.8 Å². The minimum Gasteiger partial charge on any atom is -0.494 e. The number of ether oxygens (including phenoxy) is 2. The van der Waals surface area contributed by atoms with Crippen LogP contribution in [0.15, 0.2) is 36.8 Å². The number of nitrogens with zero attached hydrogens (tertiary/aromatic N) is 4. The van der Waals surface area contributed by atoms with Crippen molar-refractivity contribution < 1.29 is 19.1 Å². The molecule has 1 aliphatic rings. The topological polar surface area (TPSA) is 109 Å². The molecular weight excluding hydrogens is 490 g/mol. The highest BCUT2D eigenvalue weighted by molar-refractivity contribution is 7.16. The minimum absolute atomic E-state index is 0.0166. The number of anilines is 1. The van der Waals surface area contributed by atoms with E-state index in [1.807, 2.05) is 55.8 Å². The predicted molar refractivity (Wildman–Crippen MR) is 141 cm³/mol. The van der Waals surface area contributed by atoms with Gasteiger partial charge in [0, 0.05) is 24.0 Å². The lowest BCUT2D eigenvalue weighted by Crippen LogP contribution is -2.36. The second-order valence-electron chi connectivity index (χ2n) is 9.02. The van der Waals surface area contributed by atoms with Gasteiger partial charge in [-0.1, -0.05) is 19.1 Å². The summed E-state index contributed by atoms with van der Waals surface area (Å²) < 4.78 is 12.9. The van der Waals surface area contributed by atoms with Gasteiger partial charge in [0.25, 0.3) is 0 Å². The van der Waals surface area contributed by atoms with E-state index in [-0.39, 0.29) is 30.9 Å². The summed E-state index contributed by atoms with van der Waals surface area (Å²) in [6.07, 6.45) is 4.03. The Hall–Kier alpha value is -3.84. The molecule has 3 aromatic rings. The molecule has 1 N–H and O–H groups in total. The molecule has 194 valence electrons. The van der Waals surface area contributed by atoms with E-state index >= 15 is 0 Å². The Morgan fingerprint density at radius 3 is 2.92 bits per heavy atom. The number of benzene rings is 1. The summed E-state index contributed by atoms with van der Waals surface area (Å²) in [6.45, 7) is 8.01. The van der Waals surface area contributed by atoms with Crippen LogP contribution in [0.1, 0.15) is 53.4 Å². The van der Waals surface area contributed by atoms with Crippen molar-refractivity contribution in [2.24, 2.45) is 0 Å². The van der Waals surface area contributed by atoms with Crippen molar-refractivity contribution in [3.05, 3.63) is 64.1 Å². The van der Waals surface area contributed by atoms with Crippen LogP contribution >= 0.6 is 11.3 Å². The normalized spacial score (nSPS) is 13.4. The van der Waals surface area contributed by atoms with Gasteiger partial charge in [0.05, 0.1) is 37.3 Å². The molecule has 1 aromatic carbocycles. The predicted octanol–water partition coefficient (Wildman–Crippen LogP) is 4.85. The molecule has 0 spiro atoms. The Kier molecular flexibility index (Phi) is 8.46. The van der Waals surface area contributed by atoms with E-state index < -0.39 is 0 Å². The maximum absolute atomic E-state index is 12.9. The highest BCUT2D eigenvalue weighted by atomic mass is 32.1. The van der Waals surface area contributed by atoms with Gasteiger partial charge >= 0.3 is 6.09 Å². The molecule has 3 heterocycles. The first-order chi connectivity index (χ1) is 17.9. The standard InChI is InChI=1S/C27H31N5O4S/c1-4-35-21-7-5-6-20(13-21)18(2)12-25(33)30-26-23(14-28)22-8-9-32(16-24(22)37-26)27(34)36-11-10-31-15-19(3)29-17-31/h5-7,13,15,17-18H,4,8-12,16H2,1-3H3,(H,30,33)/t18-/m0/s1. The number of amides is 2. The number of aryl methyl sites for hydroxylation is 1. The zero-order valence-corrected chi connectivity index (χ0v) is 22.1. The second-order valence-corrected chi connectivity index (χ2v) is 10.1. The Balaban J connectivity index is 1.35. The summed E-state index contributed by atoms with van der Waals surface area (Å²) in [7, 11) is 0. The molecule has 1 aliphatic heterocycles. The molecular formula is C27H31N5O4S. The van der Waals surface area contributed by atoms with E-state index in [9.17, 15) is 14.9 Å². The highest BCUT2D eigenvalue weighted by Gasteiger charge is 2.28. The van der Waals surface area contributed by atoms with Crippen LogP contribution in [0.5, 0.6) is 5.75 Å². The molecule has 10 heteroatoms. The zero-order valence-electron chi connectivity index (χ0n) is 21.3. The molecule has 0 unspecified atom stereocenters. The van der Waals surface area contributed by atoms with Crippen LogP contribution in [-0.2, 0) is 29.0 Å². The van der Waals surface area contributed by atoms with Crippen LogP contribution < -0.4 is 10.1 Å². The maximum Gasteiger partial charge on any atom is 0.410 e. The monoisotopic (exact) mass is 521 g/mol. The molecule has 0 radical (unpaired) electrons. The average Bonchev–Trinajstić information content (AvgIpc) is 3.45. The molecule has 4 rings (SSSR count). The molecule has 37 heavy (non-hydrogen) atoms. The number of nitriles is 1. The first kappa shape index (κ1) is 26.2. The van der Waals surface area contributed by atoms with Gasteiger partial charge in [-0.05, 0) is 49.4 Å². The molecule has 2 aromatic heterocycles. The Morgan fingerprint density at radius 2 is 2.19 bits per heavy atom. The van der Waals surface area contributed by atoms with Crippen molar-refractivity contribution in [2.75, 3.05) is 25.1 Å². The number of carbonyl (C=O) groups is 2. The molecule has 9 nitrogen and oxygen atoms in total. The van der Waals surface area contributed by atoms with E-state index in [0.717, 1.165) is 27.4 Å². The summed E-state index contributed by atoms with van der Waals surface area (Å²) in [4.78, 5) is 32.2. The van der Waals surface area contributed by atoms with Gasteiger partial charge in [-0.25, -0.2) is 9.78 Å². The van der Waals surface area contributed by atoms with Crippen molar-refractivity contribution >= 4 is 28.3 Å². The van der Waals surface area contributed by atoms with Crippen LogP contribution in [0.25, 0.3) is 0 Å². The van der Waals surface area contributed by atoms with Crippen LogP contribution in [0.3, 0.4) is 0 Å². The van der Waals surface area contributed by atoms with Gasteiger partial charge < -0.3 is 24.3 Å². The zero-order chi connectivity index (χ0) is 26.4. The first-order valence-electron chi connectivity index (χ1n) is 12.3. The fourth-order valence-corrected chi connectivity index (χ4v) is 5.57. The van der Waals surface area contributed by atoms with Crippen LogP contribution in [0.4, 0.5) is 9.80 Å². The van der Waals surface area contributed by atoms with Crippen molar-refractivity contribution in [1.82, 2.24) is 14.5 Å². The molecule has 0 bridgehead atoms. The van der Waals surface area contributed by atoms with Gasteiger partial charge in [0.1, 0.15) is 23.4 Å². The van der Waals surface area contributed by atoms with Gasteiger partial charge in [0.2, 0.25) is 5.91 Å². The number of rotatable bonds is 9. The third-order valence-electron chi connectivity index (χ3n) is 6.25. The number of aromatic nitrogens is 2. The smallest absolute Gasteiger partial charge is 0.410 e. The lowest BCUT2D eigenvalue weighted by molar-refractivity contribution is -0.116. The third kappa shape index (κ3) is 6.49. The van der Waals surface area contributed by atoms with Crippen LogP contribution in [0, 0.1) is 18.3 Å². The number of imidazole rings is 1. The van der Waals surface area contributed by atoms with Crippen LogP contribution in [0.2, 0.25) is 0 Å². The van der Waals surface area contributed by atoms with Crippen LogP contribution in [-0.4, -0.2) is 46.2 Å². The fourth-order valence-electron chi connectivity index (χ4n) is 4.34. The number of fused-ring (bicyclic) bond motifs is 1. The second kappa shape index (κ2) is 11.9. The van der Waals surface area contributed by atoms with Crippen molar-refractivity contribution in [3.63, 3.8) is 0 Å². The lowest BCUT2D eigenvalue weighted by Gasteiger charge is -2.26. The van der Waals surface area contributed by atoms with E-state index in [2.05, 4.69) is 16.4 Å². The van der Waals surface area contributed by atoms with E-state index in [1.165, 1.54) is 11.3 Å². The Bertz CT molecular complexity index is 1310. The Labute approximate surface area is 220 Å². The molecule has 0 fully saturated rings. The number of thiophene rings is 1. The molecule has 2 amide bonds. The third-order valence-corrected chi connectivity index (χ3v) is 7.38. The van der Waals surface area contributed by atoms with Gasteiger partial charge in [-0.15, -0.1) is 11.3 Å². The summed E-state index contributed by atoms with van der Waals surface area (Å²) in [5.41, 5.74) is 3.32. The lowest BCUT2D eigenvalue weighted by atomic mass is 9.97. The SMILES string of the molecule is CCOc1cccc([C@@H](C)CC(=O)Nc2sc3c(c2C#N)CCN(C(=O)OCCn2cnc(C)c2)C3)c1. The Morgan fingerprint density at radius 1 is 1.35 bits per heavy atom. The summed E-state index contributed by atoms with van der Waals surface area (Å²) >= 11 is 1.36. The number of carbonyl (C=O) groups excluding carboxylic acids is 2. The summed E-state index contributed by atoms with van der Waals surface area (Å²) in [5.74, 6) is 0.609. The van der Waals surface area contributed by atoms with Gasteiger partial charge in [-0.3, -0.25) is 4.79 Å². The fraction of sp³-hybridized carbons (Fsp3) is 0.407. The first-order valence-corrected chi connectivity index (χ1v) is 13.2. The van der Waals surface area contributed by atoms with E-state index in [0.29, 0.717) is 43.2 Å². The molecule has 0 saturated heterocycles. The number of hydrogen-bond acceptors (Lipinski definition) is 7. The van der Waals surface area contributed by atoms with E-state index in [4.69, 9.17) is 9.47 Å². The molecule has 0 saturated carbocycles. The quantitative estimate of drug-likeness (QED) is 0.431. The van der Waals surface area contributed by atoms with Crippen molar-refractivity contribution in [2.45, 2.75) is 52.6 Å².